The largest absolute Gasteiger partial charge is 0.303 e. The summed E-state index contributed by atoms with van der Waals surface area (Å²) in [4.78, 5) is 10.6. The number of carbonyl (C=O) groups is 1. The normalized spacial score (nSPS) is 12.1. The Morgan fingerprint density at radius 3 is 2.12 bits per heavy atom. The SMILES string of the molecule is CC(C=O)Cc1ccc(-c2ccccc2)cc1. The first-order valence-corrected chi connectivity index (χ1v) is 5.89. The molecule has 0 amide bonds. The van der Waals surface area contributed by atoms with Gasteiger partial charge in [-0.1, -0.05) is 61.5 Å². The Bertz CT molecular complexity index is 471. The molecule has 0 saturated heterocycles. The van der Waals surface area contributed by atoms with Crippen molar-refractivity contribution < 1.29 is 4.79 Å². The number of carbonyl (C=O) groups excluding carboxylic acids is 1. The van der Waals surface area contributed by atoms with Crippen molar-refractivity contribution >= 4 is 6.29 Å². The molecule has 1 atom stereocenters. The zero-order chi connectivity index (χ0) is 12.1. The summed E-state index contributed by atoms with van der Waals surface area (Å²) in [6.07, 6.45) is 1.82. The Balaban J connectivity index is 2.16. The second-order valence-corrected chi connectivity index (χ2v) is 4.38. The number of hydrogen-bond acceptors (Lipinski definition) is 1. The van der Waals surface area contributed by atoms with Crippen LogP contribution < -0.4 is 0 Å². The maximum absolute atomic E-state index is 10.6. The van der Waals surface area contributed by atoms with Crippen molar-refractivity contribution in [3.8, 4) is 11.1 Å². The van der Waals surface area contributed by atoms with Crippen molar-refractivity contribution in [1.82, 2.24) is 0 Å². The Labute approximate surface area is 102 Å². The summed E-state index contributed by atoms with van der Waals surface area (Å²) in [6, 6.07) is 18.7. The molecule has 0 spiro atoms. The minimum atomic E-state index is 0.0950. The van der Waals surface area contributed by atoms with Crippen molar-refractivity contribution in [1.29, 1.82) is 0 Å². The lowest BCUT2D eigenvalue weighted by atomic mass is 9.99. The fourth-order valence-corrected chi connectivity index (χ4v) is 1.88. The lowest BCUT2D eigenvalue weighted by Crippen LogP contribution is -2.00. The van der Waals surface area contributed by atoms with E-state index in [-0.39, 0.29) is 5.92 Å². The van der Waals surface area contributed by atoms with Crippen LogP contribution in [0.2, 0.25) is 0 Å². The number of hydrogen-bond donors (Lipinski definition) is 0. The molecular formula is C16H16O. The van der Waals surface area contributed by atoms with Crippen molar-refractivity contribution in [3.05, 3.63) is 60.2 Å². The summed E-state index contributed by atoms with van der Waals surface area (Å²) in [5.41, 5.74) is 3.65. The monoisotopic (exact) mass is 224 g/mol. The molecule has 0 radical (unpaired) electrons. The highest BCUT2D eigenvalue weighted by atomic mass is 16.1. The predicted octanol–water partition coefficient (Wildman–Crippen LogP) is 3.73. The Hall–Kier alpha value is -1.89. The van der Waals surface area contributed by atoms with Crippen LogP contribution in [-0.4, -0.2) is 6.29 Å². The summed E-state index contributed by atoms with van der Waals surface area (Å²) >= 11 is 0. The Morgan fingerprint density at radius 1 is 0.941 bits per heavy atom. The fourth-order valence-electron chi connectivity index (χ4n) is 1.88. The summed E-state index contributed by atoms with van der Waals surface area (Å²) in [7, 11) is 0. The van der Waals surface area contributed by atoms with E-state index in [1.54, 1.807) is 0 Å². The van der Waals surface area contributed by atoms with Gasteiger partial charge in [0.1, 0.15) is 6.29 Å². The standard InChI is InChI=1S/C16H16O/c1-13(12-17)11-14-7-9-16(10-8-14)15-5-3-2-4-6-15/h2-10,12-13H,11H2,1H3. The third kappa shape index (κ3) is 3.04. The molecule has 0 fully saturated rings. The molecule has 0 N–H and O–H groups in total. The van der Waals surface area contributed by atoms with Gasteiger partial charge in [-0.3, -0.25) is 0 Å². The van der Waals surface area contributed by atoms with E-state index in [1.165, 1.54) is 16.7 Å². The van der Waals surface area contributed by atoms with Crippen molar-refractivity contribution in [2.45, 2.75) is 13.3 Å². The van der Waals surface area contributed by atoms with Crippen LogP contribution in [0.5, 0.6) is 0 Å². The zero-order valence-corrected chi connectivity index (χ0v) is 9.97. The third-order valence-electron chi connectivity index (χ3n) is 2.85. The molecule has 0 aromatic heterocycles. The highest BCUT2D eigenvalue weighted by Gasteiger charge is 2.02. The van der Waals surface area contributed by atoms with Crippen molar-refractivity contribution in [2.75, 3.05) is 0 Å². The second-order valence-electron chi connectivity index (χ2n) is 4.38. The second kappa shape index (κ2) is 5.44. The summed E-state index contributed by atoms with van der Waals surface area (Å²) in [5, 5.41) is 0. The summed E-state index contributed by atoms with van der Waals surface area (Å²) in [5.74, 6) is 0.0950. The molecule has 86 valence electrons. The topological polar surface area (TPSA) is 17.1 Å². The maximum atomic E-state index is 10.6. The van der Waals surface area contributed by atoms with Crippen LogP contribution in [-0.2, 0) is 11.2 Å². The molecule has 2 rings (SSSR count). The van der Waals surface area contributed by atoms with Gasteiger partial charge in [0.15, 0.2) is 0 Å². The predicted molar refractivity (Wildman–Crippen MR) is 70.8 cm³/mol. The van der Waals surface area contributed by atoms with E-state index in [0.717, 1.165) is 12.7 Å². The first-order chi connectivity index (χ1) is 8.29. The van der Waals surface area contributed by atoms with Crippen LogP contribution in [0.3, 0.4) is 0 Å². The average Bonchev–Trinajstić information content (AvgIpc) is 2.40. The highest BCUT2D eigenvalue weighted by Crippen LogP contribution is 2.20. The molecule has 0 bridgehead atoms. The average molecular weight is 224 g/mol. The maximum Gasteiger partial charge on any atom is 0.123 e. The Kier molecular flexibility index (Phi) is 3.71. The first kappa shape index (κ1) is 11.6. The van der Waals surface area contributed by atoms with Gasteiger partial charge in [0, 0.05) is 5.92 Å². The molecule has 0 aliphatic rings. The molecule has 1 heteroatoms. The quantitative estimate of drug-likeness (QED) is 0.723. The van der Waals surface area contributed by atoms with Crippen LogP contribution in [0, 0.1) is 5.92 Å². The molecule has 0 aliphatic heterocycles. The molecule has 1 nitrogen and oxygen atoms in total. The van der Waals surface area contributed by atoms with E-state index < -0.39 is 0 Å². The van der Waals surface area contributed by atoms with Gasteiger partial charge in [0.2, 0.25) is 0 Å². The van der Waals surface area contributed by atoms with Gasteiger partial charge in [-0.15, -0.1) is 0 Å². The zero-order valence-electron chi connectivity index (χ0n) is 9.97. The molecule has 17 heavy (non-hydrogen) atoms. The van der Waals surface area contributed by atoms with Gasteiger partial charge in [0.05, 0.1) is 0 Å². The summed E-state index contributed by atoms with van der Waals surface area (Å²) in [6.45, 7) is 1.94. The number of aldehydes is 1. The summed E-state index contributed by atoms with van der Waals surface area (Å²) < 4.78 is 0. The van der Waals surface area contributed by atoms with Crippen LogP contribution in [0.15, 0.2) is 54.6 Å². The number of benzene rings is 2. The first-order valence-electron chi connectivity index (χ1n) is 5.89. The lowest BCUT2D eigenvalue weighted by Gasteiger charge is -2.06. The van der Waals surface area contributed by atoms with Crippen LogP contribution in [0.1, 0.15) is 12.5 Å². The van der Waals surface area contributed by atoms with Gasteiger partial charge in [0.25, 0.3) is 0 Å². The fraction of sp³-hybridized carbons (Fsp3) is 0.188. The van der Waals surface area contributed by atoms with E-state index in [4.69, 9.17) is 0 Å². The van der Waals surface area contributed by atoms with Crippen molar-refractivity contribution in [3.63, 3.8) is 0 Å². The van der Waals surface area contributed by atoms with Crippen LogP contribution in [0.4, 0.5) is 0 Å². The molecule has 0 heterocycles. The van der Waals surface area contributed by atoms with Crippen LogP contribution in [0.25, 0.3) is 11.1 Å². The van der Waals surface area contributed by atoms with Gasteiger partial charge < -0.3 is 4.79 Å². The molecule has 0 saturated carbocycles. The van der Waals surface area contributed by atoms with E-state index in [9.17, 15) is 4.79 Å². The smallest absolute Gasteiger partial charge is 0.123 e. The van der Waals surface area contributed by atoms with Crippen molar-refractivity contribution in [2.24, 2.45) is 5.92 Å². The van der Waals surface area contributed by atoms with Gasteiger partial charge in [-0.2, -0.15) is 0 Å². The Morgan fingerprint density at radius 2 is 1.53 bits per heavy atom. The van der Waals surface area contributed by atoms with E-state index in [0.29, 0.717) is 0 Å². The highest BCUT2D eigenvalue weighted by molar-refractivity contribution is 5.63. The molecule has 2 aromatic rings. The molecule has 0 aliphatic carbocycles. The van der Waals surface area contributed by atoms with Crippen LogP contribution >= 0.6 is 0 Å². The molecular weight excluding hydrogens is 208 g/mol. The number of rotatable bonds is 4. The van der Waals surface area contributed by atoms with E-state index in [2.05, 4.69) is 36.4 Å². The van der Waals surface area contributed by atoms with Gasteiger partial charge in [-0.25, -0.2) is 0 Å². The van der Waals surface area contributed by atoms with E-state index in [1.807, 2.05) is 25.1 Å². The molecule has 2 aromatic carbocycles. The van der Waals surface area contributed by atoms with Gasteiger partial charge in [-0.05, 0) is 23.1 Å². The lowest BCUT2D eigenvalue weighted by molar-refractivity contribution is -0.110. The minimum Gasteiger partial charge on any atom is -0.303 e. The van der Waals surface area contributed by atoms with Gasteiger partial charge >= 0.3 is 0 Å². The van der Waals surface area contributed by atoms with E-state index >= 15 is 0 Å². The minimum absolute atomic E-state index is 0.0950. The molecule has 1 unspecified atom stereocenters. The third-order valence-corrected chi connectivity index (χ3v) is 2.85.